The lowest BCUT2D eigenvalue weighted by molar-refractivity contribution is 0.625. The molecule has 2 heterocycles. The number of halogens is 2. The van der Waals surface area contributed by atoms with E-state index in [9.17, 15) is 9.18 Å². The highest BCUT2D eigenvalue weighted by atomic mass is 35.5. The molecule has 124 valence electrons. The fourth-order valence-corrected chi connectivity index (χ4v) is 3.55. The molecule has 0 amide bonds. The minimum Gasteiger partial charge on any atom is -0.266 e. The highest BCUT2D eigenvalue weighted by molar-refractivity contribution is 7.15. The molecule has 0 saturated carbocycles. The van der Waals surface area contributed by atoms with Crippen molar-refractivity contribution in [2.45, 2.75) is 6.92 Å². The lowest BCUT2D eigenvalue weighted by atomic mass is 10.1. The fourth-order valence-electron chi connectivity index (χ4n) is 2.44. The largest absolute Gasteiger partial charge is 0.291 e. The molecule has 7 heteroatoms. The van der Waals surface area contributed by atoms with Gasteiger partial charge in [0.15, 0.2) is 5.82 Å². The maximum Gasteiger partial charge on any atom is 0.291 e. The zero-order valence-electron chi connectivity index (χ0n) is 13.0. The summed E-state index contributed by atoms with van der Waals surface area (Å²) in [4.78, 5) is 17.4. The van der Waals surface area contributed by atoms with Gasteiger partial charge < -0.3 is 0 Å². The van der Waals surface area contributed by atoms with Gasteiger partial charge in [-0.15, -0.1) is 5.10 Å². The van der Waals surface area contributed by atoms with E-state index >= 15 is 0 Å². The molecule has 0 atom stereocenters. The molecule has 0 N–H and O–H groups in total. The van der Waals surface area contributed by atoms with Gasteiger partial charge in [0, 0.05) is 11.1 Å². The van der Waals surface area contributed by atoms with Crippen LogP contribution in [-0.4, -0.2) is 14.6 Å². The third-order valence-corrected chi connectivity index (χ3v) is 5.06. The fraction of sp³-hybridized carbons (Fsp3) is 0.0556. The van der Waals surface area contributed by atoms with Crippen LogP contribution in [0.1, 0.15) is 11.1 Å². The van der Waals surface area contributed by atoms with Crippen molar-refractivity contribution in [2.75, 3.05) is 0 Å². The third kappa shape index (κ3) is 2.83. The van der Waals surface area contributed by atoms with Crippen molar-refractivity contribution in [1.29, 1.82) is 0 Å². The van der Waals surface area contributed by atoms with Crippen LogP contribution in [0.4, 0.5) is 4.39 Å². The molecule has 25 heavy (non-hydrogen) atoms. The van der Waals surface area contributed by atoms with Crippen molar-refractivity contribution in [3.63, 3.8) is 0 Å². The van der Waals surface area contributed by atoms with Crippen LogP contribution in [0.5, 0.6) is 0 Å². The van der Waals surface area contributed by atoms with Crippen molar-refractivity contribution >= 4 is 34.0 Å². The van der Waals surface area contributed by atoms with Gasteiger partial charge in [-0.25, -0.2) is 4.39 Å². The van der Waals surface area contributed by atoms with Gasteiger partial charge in [0.2, 0.25) is 4.96 Å². The molecule has 4 nitrogen and oxygen atoms in total. The molecule has 0 aliphatic rings. The molecule has 0 spiro atoms. The van der Waals surface area contributed by atoms with Crippen LogP contribution in [0, 0.1) is 12.7 Å². The highest BCUT2D eigenvalue weighted by Gasteiger charge is 2.13. The maximum absolute atomic E-state index is 13.9. The first kappa shape index (κ1) is 15.9. The van der Waals surface area contributed by atoms with E-state index in [2.05, 4.69) is 10.1 Å². The van der Waals surface area contributed by atoms with Gasteiger partial charge in [-0.05, 0) is 25.1 Å². The summed E-state index contributed by atoms with van der Waals surface area (Å²) < 4.78 is 15.5. The predicted molar refractivity (Wildman–Crippen MR) is 97.5 cm³/mol. The molecule has 0 bridgehead atoms. The second-order valence-electron chi connectivity index (χ2n) is 5.55. The van der Waals surface area contributed by atoms with Crippen LogP contribution in [0.15, 0.2) is 47.3 Å². The molecule has 0 saturated heterocycles. The van der Waals surface area contributed by atoms with Crippen LogP contribution in [0.2, 0.25) is 5.02 Å². The third-order valence-electron chi connectivity index (χ3n) is 3.77. The van der Waals surface area contributed by atoms with Crippen molar-refractivity contribution in [1.82, 2.24) is 14.6 Å². The first-order chi connectivity index (χ1) is 12.0. The molecule has 4 aromatic rings. The zero-order chi connectivity index (χ0) is 17.6. The Bertz CT molecular complexity index is 1180. The summed E-state index contributed by atoms with van der Waals surface area (Å²) in [5.74, 6) is 0.00469. The van der Waals surface area contributed by atoms with Crippen molar-refractivity contribution in [2.24, 2.45) is 0 Å². The molecule has 0 aliphatic carbocycles. The Balaban J connectivity index is 1.85. The molecule has 0 aliphatic heterocycles. The van der Waals surface area contributed by atoms with Gasteiger partial charge >= 0.3 is 0 Å². The Labute approximate surface area is 150 Å². The van der Waals surface area contributed by atoms with E-state index < -0.39 is 5.82 Å². The van der Waals surface area contributed by atoms with E-state index in [1.807, 2.05) is 31.2 Å². The Morgan fingerprint density at radius 2 is 1.96 bits per heavy atom. The standard InChI is InChI=1S/C18H11ClFN3OS/c1-10-5-7-11(8-6-10)16-21-18-23(22-16)17(24)15(25-18)9-12-13(19)3-2-4-14(12)20/h2-9H,1H3. The normalized spacial score (nSPS) is 12.2. The predicted octanol–water partition coefficient (Wildman–Crippen LogP) is 3.47. The molecule has 0 fully saturated rings. The smallest absolute Gasteiger partial charge is 0.266 e. The van der Waals surface area contributed by atoms with Crippen LogP contribution in [0.3, 0.4) is 0 Å². The van der Waals surface area contributed by atoms with Crippen LogP contribution >= 0.6 is 22.9 Å². The second kappa shape index (κ2) is 6.06. The lowest BCUT2D eigenvalue weighted by Gasteiger charge is -1.97. The summed E-state index contributed by atoms with van der Waals surface area (Å²) in [7, 11) is 0. The minimum atomic E-state index is -0.480. The molecule has 2 aromatic carbocycles. The Morgan fingerprint density at radius 3 is 2.64 bits per heavy atom. The number of aromatic nitrogens is 3. The van der Waals surface area contributed by atoms with Crippen LogP contribution < -0.4 is 10.1 Å². The molecular formula is C18H11ClFN3OS. The van der Waals surface area contributed by atoms with Gasteiger partial charge in [0.05, 0.1) is 9.55 Å². The van der Waals surface area contributed by atoms with Crippen molar-refractivity contribution in [3.05, 3.63) is 79.3 Å². The molecular weight excluding hydrogens is 361 g/mol. The highest BCUT2D eigenvalue weighted by Crippen LogP contribution is 2.20. The van der Waals surface area contributed by atoms with E-state index in [1.54, 1.807) is 6.07 Å². The summed E-state index contributed by atoms with van der Waals surface area (Å²) in [6.07, 6.45) is 1.44. The molecule has 2 aromatic heterocycles. The second-order valence-corrected chi connectivity index (χ2v) is 6.96. The average Bonchev–Trinajstić information content (AvgIpc) is 3.12. The molecule has 0 unspecified atom stereocenters. The van der Waals surface area contributed by atoms with Crippen molar-refractivity contribution in [3.8, 4) is 11.4 Å². The molecule has 0 radical (unpaired) electrons. The summed E-state index contributed by atoms with van der Waals surface area (Å²) in [5.41, 5.74) is 1.81. The van der Waals surface area contributed by atoms with E-state index in [1.165, 1.54) is 22.7 Å². The number of thiazole rings is 1. The van der Waals surface area contributed by atoms with Gasteiger partial charge in [-0.2, -0.15) is 9.50 Å². The number of hydrogen-bond donors (Lipinski definition) is 0. The van der Waals surface area contributed by atoms with E-state index in [-0.39, 0.29) is 16.1 Å². The summed E-state index contributed by atoms with van der Waals surface area (Å²) in [5, 5.41) is 4.52. The number of rotatable bonds is 2. The first-order valence-corrected chi connectivity index (χ1v) is 8.65. The van der Waals surface area contributed by atoms with Crippen molar-refractivity contribution < 1.29 is 4.39 Å². The number of benzene rings is 2. The van der Waals surface area contributed by atoms with E-state index in [0.717, 1.165) is 22.5 Å². The number of hydrogen-bond acceptors (Lipinski definition) is 4. The van der Waals surface area contributed by atoms with E-state index in [0.29, 0.717) is 15.3 Å². The monoisotopic (exact) mass is 371 g/mol. The molecule has 4 rings (SSSR count). The quantitative estimate of drug-likeness (QED) is 0.542. The first-order valence-electron chi connectivity index (χ1n) is 7.45. The average molecular weight is 372 g/mol. The summed E-state index contributed by atoms with van der Waals surface area (Å²) in [6, 6.07) is 12.1. The Morgan fingerprint density at radius 1 is 1.20 bits per heavy atom. The van der Waals surface area contributed by atoms with Gasteiger partial charge in [-0.1, -0.05) is 58.8 Å². The Kier molecular flexibility index (Phi) is 3.86. The summed E-state index contributed by atoms with van der Waals surface area (Å²) >= 11 is 7.17. The van der Waals surface area contributed by atoms with Crippen LogP contribution in [0.25, 0.3) is 22.4 Å². The van der Waals surface area contributed by atoms with Gasteiger partial charge in [0.25, 0.3) is 5.56 Å². The topological polar surface area (TPSA) is 47.3 Å². The zero-order valence-corrected chi connectivity index (χ0v) is 14.6. The minimum absolute atomic E-state index is 0.185. The number of aryl methyl sites for hydroxylation is 1. The Hall–Kier alpha value is -2.57. The number of nitrogens with zero attached hydrogens (tertiary/aromatic N) is 3. The lowest BCUT2D eigenvalue weighted by Crippen LogP contribution is -2.23. The van der Waals surface area contributed by atoms with Gasteiger partial charge in [-0.3, -0.25) is 4.79 Å². The van der Waals surface area contributed by atoms with Crippen LogP contribution in [-0.2, 0) is 0 Å². The summed E-state index contributed by atoms with van der Waals surface area (Å²) in [6.45, 7) is 1.99. The van der Waals surface area contributed by atoms with Gasteiger partial charge in [0.1, 0.15) is 5.82 Å². The maximum atomic E-state index is 13.9. The SMILES string of the molecule is Cc1ccc(-c2nc3sc(=Cc4c(F)cccc4Cl)c(=O)n3n2)cc1. The van der Waals surface area contributed by atoms with E-state index in [4.69, 9.17) is 11.6 Å². The number of fused-ring (bicyclic) bond motifs is 1.